The molecule has 4 nitrogen and oxygen atoms in total. The van der Waals surface area contributed by atoms with Crippen LogP contribution in [0.15, 0.2) is 23.3 Å². The third kappa shape index (κ3) is 3.83. The molecular weight excluding hydrogens is 256 g/mol. The van der Waals surface area contributed by atoms with E-state index in [1.165, 1.54) is 13.8 Å². The van der Waals surface area contributed by atoms with Gasteiger partial charge < -0.3 is 4.79 Å². The Morgan fingerprint density at radius 1 is 1.20 bits per heavy atom. The summed E-state index contributed by atoms with van der Waals surface area (Å²) in [6, 6.07) is 0. The fraction of sp³-hybridized carbons (Fsp3) is 0.500. The molecule has 20 heavy (non-hydrogen) atoms. The van der Waals surface area contributed by atoms with Crippen molar-refractivity contribution < 1.29 is 19.2 Å². The Morgan fingerprint density at radius 2 is 1.80 bits per heavy atom. The van der Waals surface area contributed by atoms with Gasteiger partial charge >= 0.3 is 0 Å². The average molecular weight is 276 g/mol. The highest BCUT2D eigenvalue weighted by Crippen LogP contribution is 2.31. The van der Waals surface area contributed by atoms with Crippen molar-refractivity contribution in [1.29, 1.82) is 0 Å². The average Bonchev–Trinajstić information content (AvgIpc) is 2.59. The van der Waals surface area contributed by atoms with Gasteiger partial charge in [0.05, 0.1) is 6.42 Å². The minimum Gasteiger partial charge on any atom is -0.300 e. The molecule has 1 atom stereocenters. The number of hydrogen-bond acceptors (Lipinski definition) is 4. The van der Waals surface area contributed by atoms with Crippen LogP contribution in [-0.2, 0) is 19.2 Å². The standard InChI is InChI=1S/C16H20O4/c1-9(17)5-6-13(10(2)12(4)18)7-14-11(3)15(19)8-16(14)20/h13H,2,5-8H2,1,3-4H3/t13-/m0/s1. The van der Waals surface area contributed by atoms with Gasteiger partial charge in [-0.2, -0.15) is 0 Å². The first-order chi connectivity index (χ1) is 9.23. The second kappa shape index (κ2) is 6.55. The lowest BCUT2D eigenvalue weighted by Gasteiger charge is -2.18. The molecule has 0 radical (unpaired) electrons. The van der Waals surface area contributed by atoms with Gasteiger partial charge in [-0.05, 0) is 50.7 Å². The van der Waals surface area contributed by atoms with Crippen LogP contribution in [0, 0.1) is 5.92 Å². The van der Waals surface area contributed by atoms with Crippen LogP contribution < -0.4 is 0 Å². The van der Waals surface area contributed by atoms with Crippen molar-refractivity contribution in [2.45, 2.75) is 46.5 Å². The van der Waals surface area contributed by atoms with Crippen molar-refractivity contribution in [1.82, 2.24) is 0 Å². The van der Waals surface area contributed by atoms with Crippen molar-refractivity contribution >= 4 is 23.1 Å². The van der Waals surface area contributed by atoms with Gasteiger partial charge in [-0.3, -0.25) is 14.4 Å². The second-order valence-electron chi connectivity index (χ2n) is 5.35. The minimum atomic E-state index is -0.254. The van der Waals surface area contributed by atoms with E-state index in [9.17, 15) is 19.2 Å². The van der Waals surface area contributed by atoms with Gasteiger partial charge in [0.15, 0.2) is 17.3 Å². The van der Waals surface area contributed by atoms with E-state index in [2.05, 4.69) is 6.58 Å². The van der Waals surface area contributed by atoms with Gasteiger partial charge in [0.25, 0.3) is 0 Å². The van der Waals surface area contributed by atoms with E-state index in [4.69, 9.17) is 0 Å². The monoisotopic (exact) mass is 276 g/mol. The molecule has 108 valence electrons. The van der Waals surface area contributed by atoms with E-state index in [1.807, 2.05) is 0 Å². The molecule has 1 rings (SSSR count). The topological polar surface area (TPSA) is 68.3 Å². The molecule has 0 spiro atoms. The summed E-state index contributed by atoms with van der Waals surface area (Å²) in [7, 11) is 0. The van der Waals surface area contributed by atoms with Crippen molar-refractivity contribution in [2.24, 2.45) is 5.92 Å². The zero-order valence-corrected chi connectivity index (χ0v) is 12.2. The van der Waals surface area contributed by atoms with Crippen LogP contribution in [0.4, 0.5) is 0 Å². The third-order valence-electron chi connectivity index (χ3n) is 3.77. The number of carbonyl (C=O) groups excluding carboxylic acids is 4. The summed E-state index contributed by atoms with van der Waals surface area (Å²) >= 11 is 0. The van der Waals surface area contributed by atoms with Crippen molar-refractivity contribution in [3.8, 4) is 0 Å². The molecule has 0 heterocycles. The maximum atomic E-state index is 11.8. The van der Waals surface area contributed by atoms with Gasteiger partial charge in [0.2, 0.25) is 0 Å². The van der Waals surface area contributed by atoms with Gasteiger partial charge in [-0.25, -0.2) is 0 Å². The lowest BCUT2D eigenvalue weighted by Crippen LogP contribution is -2.14. The SMILES string of the molecule is C=C(C(C)=O)[C@@H](CCC(C)=O)CC1=C(C)C(=O)CC1=O. The zero-order valence-electron chi connectivity index (χ0n) is 12.2. The van der Waals surface area contributed by atoms with Crippen molar-refractivity contribution in [3.05, 3.63) is 23.3 Å². The van der Waals surface area contributed by atoms with Crippen LogP contribution in [0.3, 0.4) is 0 Å². The predicted octanol–water partition coefficient (Wildman–Crippen LogP) is 2.37. The first kappa shape index (κ1) is 16.2. The third-order valence-corrected chi connectivity index (χ3v) is 3.77. The van der Waals surface area contributed by atoms with Crippen LogP contribution in [0.5, 0.6) is 0 Å². The molecule has 0 aromatic heterocycles. The summed E-state index contributed by atoms with van der Waals surface area (Å²) in [5.74, 6) is -0.684. The summed E-state index contributed by atoms with van der Waals surface area (Å²) in [4.78, 5) is 45.9. The number of allylic oxidation sites excluding steroid dienone is 3. The fourth-order valence-corrected chi connectivity index (χ4v) is 2.34. The van der Waals surface area contributed by atoms with Gasteiger partial charge in [-0.15, -0.1) is 0 Å². The molecular formula is C16H20O4. The van der Waals surface area contributed by atoms with Crippen molar-refractivity contribution in [3.63, 3.8) is 0 Å². The maximum Gasteiger partial charge on any atom is 0.166 e. The molecule has 0 saturated carbocycles. The molecule has 0 saturated heterocycles. The van der Waals surface area contributed by atoms with Crippen molar-refractivity contribution in [2.75, 3.05) is 0 Å². The number of hydrogen-bond donors (Lipinski definition) is 0. The van der Waals surface area contributed by atoms with E-state index in [0.29, 0.717) is 36.0 Å². The summed E-state index contributed by atoms with van der Waals surface area (Å²) in [5, 5.41) is 0. The Kier molecular flexibility index (Phi) is 5.31. The molecule has 0 aromatic carbocycles. The number of ketones is 4. The summed E-state index contributed by atoms with van der Waals surface area (Å²) < 4.78 is 0. The first-order valence-electron chi connectivity index (χ1n) is 6.69. The highest BCUT2D eigenvalue weighted by atomic mass is 16.2. The van der Waals surface area contributed by atoms with Crippen LogP contribution in [-0.4, -0.2) is 23.1 Å². The van der Waals surface area contributed by atoms with Gasteiger partial charge in [0, 0.05) is 12.0 Å². The van der Waals surface area contributed by atoms with Crippen LogP contribution in [0.2, 0.25) is 0 Å². The lowest BCUT2D eigenvalue weighted by molar-refractivity contribution is -0.121. The molecule has 1 aliphatic carbocycles. The minimum absolute atomic E-state index is 0.0332. The fourth-order valence-electron chi connectivity index (χ4n) is 2.34. The lowest BCUT2D eigenvalue weighted by atomic mass is 9.85. The molecule has 0 aliphatic heterocycles. The normalized spacial score (nSPS) is 16.6. The Morgan fingerprint density at radius 3 is 2.20 bits per heavy atom. The summed E-state index contributed by atoms with van der Waals surface area (Å²) in [5.41, 5.74) is 1.39. The maximum absolute atomic E-state index is 11.8. The summed E-state index contributed by atoms with van der Waals surface area (Å²) in [6.45, 7) is 8.32. The van der Waals surface area contributed by atoms with E-state index >= 15 is 0 Å². The van der Waals surface area contributed by atoms with E-state index < -0.39 is 0 Å². The van der Waals surface area contributed by atoms with E-state index in [-0.39, 0.29) is 35.5 Å². The summed E-state index contributed by atoms with van der Waals surface area (Å²) in [6.07, 6.45) is 1.06. The van der Waals surface area contributed by atoms with E-state index in [0.717, 1.165) is 0 Å². The highest BCUT2D eigenvalue weighted by molar-refractivity contribution is 6.22. The Balaban J connectivity index is 2.92. The van der Waals surface area contributed by atoms with Crippen LogP contribution in [0.25, 0.3) is 0 Å². The molecule has 1 aliphatic rings. The Bertz CT molecular complexity index is 523. The van der Waals surface area contributed by atoms with Gasteiger partial charge in [-0.1, -0.05) is 6.58 Å². The molecule has 4 heteroatoms. The quantitative estimate of drug-likeness (QED) is 0.529. The van der Waals surface area contributed by atoms with Crippen LogP contribution in [0.1, 0.15) is 46.5 Å². The first-order valence-corrected chi connectivity index (χ1v) is 6.69. The van der Waals surface area contributed by atoms with Crippen LogP contribution >= 0.6 is 0 Å². The second-order valence-corrected chi connectivity index (χ2v) is 5.35. The molecule has 0 aromatic rings. The Hall–Kier alpha value is -1.84. The Labute approximate surface area is 118 Å². The van der Waals surface area contributed by atoms with E-state index in [1.54, 1.807) is 6.92 Å². The smallest absolute Gasteiger partial charge is 0.166 e. The number of carbonyl (C=O) groups is 4. The predicted molar refractivity (Wildman–Crippen MR) is 75.2 cm³/mol. The molecule has 0 unspecified atom stereocenters. The number of Topliss-reactive ketones (excluding diaryl/α,β-unsaturated/α-hetero) is 4. The molecule has 0 fully saturated rings. The molecule has 0 amide bonds. The zero-order chi connectivity index (χ0) is 15.4. The largest absolute Gasteiger partial charge is 0.300 e. The molecule has 0 N–H and O–H groups in total. The highest BCUT2D eigenvalue weighted by Gasteiger charge is 2.30. The number of rotatable bonds is 7. The molecule has 0 bridgehead atoms. The van der Waals surface area contributed by atoms with Gasteiger partial charge in [0.1, 0.15) is 5.78 Å².